The lowest BCUT2D eigenvalue weighted by atomic mass is 9.67. The number of hydrogen-bond acceptors (Lipinski definition) is 2. The van der Waals surface area contributed by atoms with Gasteiger partial charge in [-0.25, -0.2) is 0 Å². The second-order valence-corrected chi connectivity index (χ2v) is 24.7. The maximum Gasteiger partial charge on any atom is 0.119 e. The van der Waals surface area contributed by atoms with Crippen molar-refractivity contribution in [3.63, 3.8) is 0 Å². The van der Waals surface area contributed by atoms with Crippen molar-refractivity contribution in [2.24, 2.45) is 0 Å². The van der Waals surface area contributed by atoms with E-state index in [4.69, 9.17) is 4.74 Å². The molecule has 0 spiro atoms. The third kappa shape index (κ3) is 9.24. The number of ether oxygens (including phenoxy) is 1. The van der Waals surface area contributed by atoms with E-state index in [0.29, 0.717) is 18.4 Å². The highest BCUT2D eigenvalue weighted by molar-refractivity contribution is 5.92. The molecule has 3 unspecified atom stereocenters. The summed E-state index contributed by atoms with van der Waals surface area (Å²) in [5.41, 5.74) is 29.3. The zero-order chi connectivity index (χ0) is 58.6. The first-order valence-electron chi connectivity index (χ1n) is 31.4. The summed E-state index contributed by atoms with van der Waals surface area (Å²) in [4.78, 5) is 2.47. The highest BCUT2D eigenvalue weighted by atomic mass is 16.5. The van der Waals surface area contributed by atoms with Crippen molar-refractivity contribution >= 4 is 17.1 Å². The van der Waals surface area contributed by atoms with Crippen molar-refractivity contribution in [3.8, 4) is 39.1 Å². The van der Waals surface area contributed by atoms with Gasteiger partial charge >= 0.3 is 0 Å². The van der Waals surface area contributed by atoms with E-state index in [1.807, 2.05) is 0 Å². The third-order valence-electron chi connectivity index (χ3n) is 19.6. The van der Waals surface area contributed by atoms with E-state index in [-0.39, 0.29) is 0 Å². The van der Waals surface area contributed by atoms with Crippen LogP contribution in [-0.4, -0.2) is 0 Å². The van der Waals surface area contributed by atoms with Gasteiger partial charge in [-0.1, -0.05) is 262 Å². The van der Waals surface area contributed by atoms with Gasteiger partial charge in [0.05, 0.1) is 10.8 Å². The van der Waals surface area contributed by atoms with Gasteiger partial charge in [-0.2, -0.15) is 0 Å². The van der Waals surface area contributed by atoms with Crippen molar-refractivity contribution in [2.75, 3.05) is 4.90 Å². The van der Waals surface area contributed by atoms with Crippen LogP contribution in [0, 0.1) is 13.8 Å². The molecule has 0 aliphatic heterocycles. The topological polar surface area (TPSA) is 12.5 Å². The highest BCUT2D eigenvalue weighted by Gasteiger charge is 2.48. The Labute approximate surface area is 514 Å². The van der Waals surface area contributed by atoms with E-state index < -0.39 is 10.8 Å². The molecule has 0 saturated heterocycles. The molecule has 0 bridgehead atoms. The molecule has 0 amide bonds. The zero-order valence-electron chi connectivity index (χ0n) is 50.2. The fraction of sp³-hybridized carbons (Fsp3) is 0.153. The smallest absolute Gasteiger partial charge is 0.119 e. The standard InChI is InChI=1S/C85H71NO/c1-5-61(63-33-35-64(36-34-63)66-39-37-65-38-40-67(65)53-66)52-59(4)62-31-29-60(30-32-62)56-87-75-45-41-70(42-46-75)85(71-50-57(2)49-58(3)51-71)81-28-18-16-26-77(81)79-48-44-74(55-83(79)85)86(72-23-13-8-14-24-72)73-43-47-78-76-25-15-17-27-80(76)84(82(78)54-73,68-19-9-6-10-20-68)69-21-11-7-12-22-69/h6-37,39,41-51,53-55,59,61H,5,38,40,52,56H2,1-4H3. The summed E-state index contributed by atoms with van der Waals surface area (Å²) < 4.78 is 6.69. The lowest BCUT2D eigenvalue weighted by Gasteiger charge is -2.36. The SMILES string of the molecule is CCC(CC(C)c1ccc(COc2ccc(C3(c4cc(C)cc(C)c4)c4ccccc4-c4ccc(N(c5ccccc5)c5ccc6c(c5)C(c5ccccc5)(c5ccccc5)c5ccccc5-6)cc43)cc2)cc1)c1ccc(-c2ccc3c(c2)CC3)cc1. The number of para-hydroxylation sites is 1. The van der Waals surface area contributed by atoms with Crippen molar-refractivity contribution in [1.82, 2.24) is 0 Å². The number of fused-ring (bicyclic) bond motifs is 7. The van der Waals surface area contributed by atoms with Gasteiger partial charge in [-0.3, -0.25) is 0 Å². The molecular weight excluding hydrogens is 1050 g/mol. The molecule has 12 aromatic carbocycles. The van der Waals surface area contributed by atoms with E-state index >= 15 is 0 Å². The Bertz CT molecular complexity index is 4430. The van der Waals surface area contributed by atoms with Crippen molar-refractivity contribution in [1.29, 1.82) is 0 Å². The summed E-state index contributed by atoms with van der Waals surface area (Å²) in [5.74, 6) is 1.77. The fourth-order valence-corrected chi connectivity index (χ4v) is 15.3. The summed E-state index contributed by atoms with van der Waals surface area (Å²) in [5, 5.41) is 0. The second kappa shape index (κ2) is 22.3. The normalized spacial score (nSPS) is 15.4. The van der Waals surface area contributed by atoms with Crippen LogP contribution in [0.15, 0.2) is 285 Å². The minimum atomic E-state index is -0.648. The van der Waals surface area contributed by atoms with Crippen LogP contribution in [0.5, 0.6) is 5.75 Å². The number of hydrogen-bond donors (Lipinski definition) is 0. The maximum absolute atomic E-state index is 6.69. The molecule has 12 aromatic rings. The van der Waals surface area contributed by atoms with Gasteiger partial charge in [-0.15, -0.1) is 0 Å². The van der Waals surface area contributed by atoms with Gasteiger partial charge < -0.3 is 9.64 Å². The van der Waals surface area contributed by atoms with Crippen molar-refractivity contribution in [3.05, 3.63) is 369 Å². The quantitative estimate of drug-likeness (QED) is 0.0956. The van der Waals surface area contributed by atoms with Gasteiger partial charge in [0.25, 0.3) is 0 Å². The van der Waals surface area contributed by atoms with E-state index in [1.54, 1.807) is 0 Å². The average molecular weight is 1120 g/mol. The minimum Gasteiger partial charge on any atom is -0.489 e. The number of aryl methyl sites for hydroxylation is 4. The van der Waals surface area contributed by atoms with Crippen LogP contribution in [-0.2, 0) is 30.3 Å². The largest absolute Gasteiger partial charge is 0.489 e. The van der Waals surface area contributed by atoms with E-state index in [2.05, 4.69) is 318 Å². The van der Waals surface area contributed by atoms with E-state index in [9.17, 15) is 0 Å². The summed E-state index contributed by atoms with van der Waals surface area (Å²) in [6.07, 6.45) is 4.66. The Kier molecular flexibility index (Phi) is 13.8. The summed E-state index contributed by atoms with van der Waals surface area (Å²) in [6.45, 7) is 9.67. The lowest BCUT2D eigenvalue weighted by Crippen LogP contribution is -2.29. The van der Waals surface area contributed by atoms with Gasteiger partial charge in [0.2, 0.25) is 0 Å². The predicted molar refractivity (Wildman–Crippen MR) is 361 cm³/mol. The molecule has 0 fully saturated rings. The molecule has 15 rings (SSSR count). The minimum absolute atomic E-state index is 0.426. The summed E-state index contributed by atoms with van der Waals surface area (Å²) in [7, 11) is 0. The molecule has 87 heavy (non-hydrogen) atoms. The highest BCUT2D eigenvalue weighted by Crippen LogP contribution is 2.60. The predicted octanol–water partition coefficient (Wildman–Crippen LogP) is 21.5. The van der Waals surface area contributed by atoms with Gasteiger partial charge in [0.1, 0.15) is 12.4 Å². The van der Waals surface area contributed by atoms with Crippen molar-refractivity contribution < 1.29 is 4.74 Å². The molecular formula is C85H71NO. The average Bonchev–Trinajstić information content (AvgIpc) is 1.64. The number of anilines is 3. The maximum atomic E-state index is 6.69. The second-order valence-electron chi connectivity index (χ2n) is 24.7. The number of benzene rings is 12. The van der Waals surface area contributed by atoms with Crippen LogP contribution in [0.25, 0.3) is 33.4 Å². The van der Waals surface area contributed by atoms with Crippen LogP contribution >= 0.6 is 0 Å². The van der Waals surface area contributed by atoms with Crippen LogP contribution in [0.2, 0.25) is 0 Å². The third-order valence-corrected chi connectivity index (χ3v) is 19.6. The Morgan fingerprint density at radius 1 is 0.391 bits per heavy atom. The monoisotopic (exact) mass is 1120 g/mol. The molecule has 0 N–H and O–H groups in total. The van der Waals surface area contributed by atoms with E-state index in [0.717, 1.165) is 41.2 Å². The number of nitrogens with zero attached hydrogens (tertiary/aromatic N) is 1. The molecule has 2 heteroatoms. The molecule has 0 saturated carbocycles. The summed E-state index contributed by atoms with van der Waals surface area (Å²) in [6, 6.07) is 107. The van der Waals surface area contributed by atoms with Crippen LogP contribution in [0.3, 0.4) is 0 Å². The van der Waals surface area contributed by atoms with Crippen LogP contribution in [0.1, 0.15) is 122 Å². The van der Waals surface area contributed by atoms with Crippen LogP contribution in [0.4, 0.5) is 17.1 Å². The first-order chi connectivity index (χ1) is 42.8. The first kappa shape index (κ1) is 53.9. The number of rotatable bonds is 16. The first-order valence-corrected chi connectivity index (χ1v) is 31.4. The molecule has 3 aliphatic rings. The zero-order valence-corrected chi connectivity index (χ0v) is 50.2. The fourth-order valence-electron chi connectivity index (χ4n) is 15.3. The van der Waals surface area contributed by atoms with Gasteiger partial charge in [0.15, 0.2) is 0 Å². The molecule has 3 aliphatic carbocycles. The Hall–Kier alpha value is -9.76. The molecule has 0 aromatic heterocycles. The lowest BCUT2D eigenvalue weighted by molar-refractivity contribution is 0.306. The molecule has 2 nitrogen and oxygen atoms in total. The summed E-state index contributed by atoms with van der Waals surface area (Å²) >= 11 is 0. The molecule has 3 atom stereocenters. The van der Waals surface area contributed by atoms with Crippen LogP contribution < -0.4 is 9.64 Å². The molecule has 422 valence electrons. The Morgan fingerprint density at radius 3 is 1.44 bits per heavy atom. The van der Waals surface area contributed by atoms with E-state index in [1.165, 1.54) is 124 Å². The van der Waals surface area contributed by atoms with Gasteiger partial charge in [0, 0.05) is 17.1 Å². The Balaban J connectivity index is 0.763. The molecule has 0 heterocycles. The van der Waals surface area contributed by atoms with Gasteiger partial charge in [-0.05, 0) is 206 Å². The Morgan fingerprint density at radius 2 is 0.885 bits per heavy atom. The van der Waals surface area contributed by atoms with Crippen molar-refractivity contribution in [2.45, 2.75) is 82.7 Å². The molecule has 0 radical (unpaired) electrons.